The lowest BCUT2D eigenvalue weighted by Gasteiger charge is -2.20. The smallest absolute Gasteiger partial charge is 0.201 e. The van der Waals surface area contributed by atoms with Crippen LogP contribution in [-0.2, 0) is 13.5 Å². The predicted octanol–water partition coefficient (Wildman–Crippen LogP) is 6.36. The molecule has 1 heteroatoms. The fraction of sp³-hybridized carbons (Fsp3) is 0.346. The zero-order valence-corrected chi connectivity index (χ0v) is 17.9. The minimum Gasteiger partial charge on any atom is -0.201 e. The van der Waals surface area contributed by atoms with Gasteiger partial charge >= 0.3 is 0 Å². The van der Waals surface area contributed by atoms with Crippen LogP contribution in [0.3, 0.4) is 0 Å². The molecule has 2 aromatic carbocycles. The minimum absolute atomic E-state index is 0.278. The third-order valence-electron chi connectivity index (χ3n) is 5.35. The molecule has 0 atom stereocenters. The maximum atomic E-state index is 2.39. The first kappa shape index (κ1) is 19.4. The molecular weight excluding hydrogens is 326 g/mol. The van der Waals surface area contributed by atoms with Crippen molar-refractivity contribution in [3.05, 3.63) is 77.0 Å². The van der Waals surface area contributed by atoms with Crippen molar-refractivity contribution in [2.24, 2.45) is 12.5 Å². The third-order valence-corrected chi connectivity index (χ3v) is 5.35. The quantitative estimate of drug-likeness (QED) is 0.480. The molecule has 0 radical (unpaired) electrons. The van der Waals surface area contributed by atoms with E-state index in [-0.39, 0.29) is 5.41 Å². The van der Waals surface area contributed by atoms with E-state index in [0.717, 1.165) is 6.42 Å². The van der Waals surface area contributed by atoms with Crippen molar-refractivity contribution in [2.75, 3.05) is 0 Å². The summed E-state index contributed by atoms with van der Waals surface area (Å²) < 4.78 is 2.27. The Balaban J connectivity index is 2.17. The third kappa shape index (κ3) is 4.13. The normalized spacial score (nSPS) is 11.7. The van der Waals surface area contributed by atoms with Crippen molar-refractivity contribution in [2.45, 2.75) is 48.0 Å². The van der Waals surface area contributed by atoms with Crippen LogP contribution in [0.4, 0.5) is 0 Å². The molecule has 0 N–H and O–H groups in total. The number of aryl methyl sites for hydroxylation is 3. The first-order valence-corrected chi connectivity index (χ1v) is 9.82. The lowest BCUT2D eigenvalue weighted by atomic mass is 9.86. The Kier molecular flexibility index (Phi) is 5.24. The highest BCUT2D eigenvalue weighted by Crippen LogP contribution is 2.33. The number of hydrogen-bond acceptors (Lipinski definition) is 0. The fourth-order valence-electron chi connectivity index (χ4n) is 3.93. The molecule has 140 valence electrons. The summed E-state index contributed by atoms with van der Waals surface area (Å²) in [6.07, 6.45) is 3.36. The number of nitrogens with zero attached hydrogens (tertiary/aromatic N) is 1. The van der Waals surface area contributed by atoms with E-state index >= 15 is 0 Å². The van der Waals surface area contributed by atoms with Crippen molar-refractivity contribution in [3.8, 4) is 22.4 Å². The second kappa shape index (κ2) is 7.31. The van der Waals surface area contributed by atoms with Gasteiger partial charge in [0.25, 0.3) is 0 Å². The highest BCUT2D eigenvalue weighted by atomic mass is 14.9. The molecule has 0 aliphatic rings. The highest BCUT2D eigenvalue weighted by molar-refractivity contribution is 5.77. The summed E-state index contributed by atoms with van der Waals surface area (Å²) in [6.45, 7) is 13.6. The van der Waals surface area contributed by atoms with Gasteiger partial charge in [0.1, 0.15) is 7.05 Å². The maximum absolute atomic E-state index is 2.39. The van der Waals surface area contributed by atoms with Gasteiger partial charge in [-0.3, -0.25) is 0 Å². The zero-order chi connectivity index (χ0) is 19.8. The number of aromatic nitrogens is 1. The molecule has 0 aliphatic heterocycles. The van der Waals surface area contributed by atoms with Gasteiger partial charge in [-0.1, -0.05) is 57.2 Å². The Morgan fingerprint density at radius 2 is 1.41 bits per heavy atom. The molecule has 0 bridgehead atoms. The van der Waals surface area contributed by atoms with E-state index in [1.165, 1.54) is 44.6 Å². The molecule has 0 aliphatic carbocycles. The topological polar surface area (TPSA) is 3.88 Å². The summed E-state index contributed by atoms with van der Waals surface area (Å²) in [7, 11) is 2.16. The van der Waals surface area contributed by atoms with E-state index in [2.05, 4.69) is 108 Å². The lowest BCUT2D eigenvalue weighted by Crippen LogP contribution is -2.32. The van der Waals surface area contributed by atoms with Gasteiger partial charge in [-0.05, 0) is 66.5 Å². The van der Waals surface area contributed by atoms with E-state index in [9.17, 15) is 0 Å². The predicted molar refractivity (Wildman–Crippen MR) is 116 cm³/mol. The second-order valence-electron chi connectivity index (χ2n) is 9.01. The van der Waals surface area contributed by atoms with Crippen LogP contribution in [0.5, 0.6) is 0 Å². The summed E-state index contributed by atoms with van der Waals surface area (Å²) in [5.74, 6) is 0. The van der Waals surface area contributed by atoms with Crippen molar-refractivity contribution in [1.82, 2.24) is 0 Å². The van der Waals surface area contributed by atoms with Crippen LogP contribution >= 0.6 is 0 Å². The molecule has 0 saturated carbocycles. The molecule has 1 heterocycles. The molecule has 1 aromatic heterocycles. The van der Waals surface area contributed by atoms with Crippen molar-refractivity contribution in [3.63, 3.8) is 0 Å². The Morgan fingerprint density at radius 3 is 2.07 bits per heavy atom. The van der Waals surface area contributed by atoms with E-state index in [0.29, 0.717) is 0 Å². The van der Waals surface area contributed by atoms with Crippen LogP contribution in [0, 0.1) is 26.2 Å². The first-order valence-electron chi connectivity index (χ1n) is 9.82. The molecule has 27 heavy (non-hydrogen) atoms. The highest BCUT2D eigenvalue weighted by Gasteiger charge is 2.20. The molecule has 0 amide bonds. The zero-order valence-electron chi connectivity index (χ0n) is 17.9. The molecule has 3 aromatic rings. The van der Waals surface area contributed by atoms with Gasteiger partial charge in [0, 0.05) is 17.2 Å². The summed E-state index contributed by atoms with van der Waals surface area (Å²) in [4.78, 5) is 0. The Hall–Kier alpha value is -2.41. The fourth-order valence-corrected chi connectivity index (χ4v) is 3.93. The van der Waals surface area contributed by atoms with Crippen LogP contribution in [0.25, 0.3) is 22.4 Å². The van der Waals surface area contributed by atoms with Crippen LogP contribution < -0.4 is 4.57 Å². The number of benzene rings is 2. The average Bonchev–Trinajstić information content (AvgIpc) is 2.58. The Morgan fingerprint density at radius 1 is 0.778 bits per heavy atom. The molecule has 1 nitrogen and oxygen atoms in total. The molecular formula is C26H32N+. The van der Waals surface area contributed by atoms with Crippen LogP contribution in [0.1, 0.15) is 43.0 Å². The summed E-state index contributed by atoms with van der Waals surface area (Å²) in [5, 5.41) is 0. The van der Waals surface area contributed by atoms with Crippen molar-refractivity contribution in [1.29, 1.82) is 0 Å². The first-order chi connectivity index (χ1) is 12.7. The Bertz CT molecular complexity index is 974. The van der Waals surface area contributed by atoms with Crippen molar-refractivity contribution >= 4 is 0 Å². The Labute approximate surface area is 164 Å². The van der Waals surface area contributed by atoms with Crippen LogP contribution in [0.2, 0.25) is 0 Å². The summed E-state index contributed by atoms with van der Waals surface area (Å²) >= 11 is 0. The lowest BCUT2D eigenvalue weighted by molar-refractivity contribution is -0.660. The summed E-state index contributed by atoms with van der Waals surface area (Å²) in [6, 6.07) is 17.7. The van der Waals surface area contributed by atoms with Gasteiger partial charge in [0.15, 0.2) is 6.20 Å². The van der Waals surface area contributed by atoms with Gasteiger partial charge in [-0.2, -0.15) is 0 Å². The maximum Gasteiger partial charge on any atom is 0.212 e. The standard InChI is InChI=1S/C26H32N/c1-18-11-8-9-12-22(18)23-13-10-14-24(20(23)3)25-15-21(16-26(4,5)6)19(2)17-27(25)7/h8-15,17H,16H2,1-7H3/q+1. The van der Waals surface area contributed by atoms with E-state index in [1.807, 2.05) is 0 Å². The molecule has 0 unspecified atom stereocenters. The molecule has 3 rings (SSSR count). The van der Waals surface area contributed by atoms with Crippen molar-refractivity contribution < 1.29 is 4.57 Å². The molecule has 0 saturated heterocycles. The number of pyridine rings is 1. The number of rotatable bonds is 3. The van der Waals surface area contributed by atoms with Gasteiger partial charge in [0.2, 0.25) is 5.69 Å². The SMILES string of the molecule is Cc1c[n+](C)c(-c2cccc(-c3ccccc3C)c2C)cc1CC(C)(C)C. The monoisotopic (exact) mass is 358 g/mol. The number of hydrogen-bond donors (Lipinski definition) is 0. The van der Waals surface area contributed by atoms with E-state index in [1.54, 1.807) is 0 Å². The van der Waals surface area contributed by atoms with Crippen LogP contribution in [0.15, 0.2) is 54.7 Å². The van der Waals surface area contributed by atoms with E-state index < -0.39 is 0 Å². The van der Waals surface area contributed by atoms with E-state index in [4.69, 9.17) is 0 Å². The largest absolute Gasteiger partial charge is 0.212 e. The van der Waals surface area contributed by atoms with Gasteiger partial charge < -0.3 is 0 Å². The molecule has 0 fully saturated rings. The second-order valence-corrected chi connectivity index (χ2v) is 9.01. The van der Waals surface area contributed by atoms with Gasteiger partial charge in [-0.15, -0.1) is 0 Å². The van der Waals surface area contributed by atoms with Gasteiger partial charge in [0.05, 0.1) is 0 Å². The summed E-state index contributed by atoms with van der Waals surface area (Å²) in [5.41, 5.74) is 11.0. The van der Waals surface area contributed by atoms with Gasteiger partial charge in [-0.25, -0.2) is 4.57 Å². The van der Waals surface area contributed by atoms with Crippen LogP contribution in [-0.4, -0.2) is 0 Å². The average molecular weight is 359 g/mol. The minimum atomic E-state index is 0.278. The molecule has 0 spiro atoms.